The second-order valence-corrected chi connectivity index (χ2v) is 11.5. The summed E-state index contributed by atoms with van der Waals surface area (Å²) in [6.45, 7) is 5.28. The smallest absolute Gasteiger partial charge is 0.408 e. The van der Waals surface area contributed by atoms with Gasteiger partial charge in [-0.25, -0.2) is 14.6 Å². The Morgan fingerprint density at radius 1 is 0.927 bits per heavy atom. The van der Waals surface area contributed by atoms with Crippen molar-refractivity contribution in [3.8, 4) is 11.1 Å². The standard InChI is InChI=1S/C31H30N4O5S/c1-31(2,3)40-30(37)33-24(29(36)38-19-20-10-6-4-7-11-20)17-26-34-35-27(39-26)18-28-32-23-15-14-22(16-25(23)41-28)21-12-8-5-9-13-21/h4-16,24H,17-19H2,1-3H3,(H,33,37)/t24-/m0/s1. The van der Waals surface area contributed by atoms with Gasteiger partial charge in [0.15, 0.2) is 0 Å². The lowest BCUT2D eigenvalue weighted by Crippen LogP contribution is -2.45. The molecule has 1 atom stereocenters. The minimum atomic E-state index is -1.08. The molecule has 5 aromatic rings. The lowest BCUT2D eigenvalue weighted by molar-refractivity contribution is -0.147. The second kappa shape index (κ2) is 12.3. The van der Waals surface area contributed by atoms with Crippen LogP contribution in [0.25, 0.3) is 21.3 Å². The van der Waals surface area contributed by atoms with Gasteiger partial charge in [-0.05, 0) is 49.6 Å². The number of benzene rings is 3. The SMILES string of the molecule is CC(C)(C)OC(=O)N[C@@H](Cc1nnc(Cc2nc3ccc(-c4ccccc4)cc3s2)o1)C(=O)OCc1ccccc1. The van der Waals surface area contributed by atoms with Gasteiger partial charge in [-0.3, -0.25) is 0 Å². The van der Waals surface area contributed by atoms with Gasteiger partial charge < -0.3 is 19.2 Å². The number of hydrogen-bond donors (Lipinski definition) is 1. The summed E-state index contributed by atoms with van der Waals surface area (Å²) in [6, 6.07) is 24.6. The normalized spacial score (nSPS) is 12.2. The first-order chi connectivity index (χ1) is 19.7. The number of rotatable bonds is 9. The zero-order valence-corrected chi connectivity index (χ0v) is 23.8. The Hall–Kier alpha value is -4.57. The molecule has 10 heteroatoms. The zero-order chi connectivity index (χ0) is 28.8. The van der Waals surface area contributed by atoms with Gasteiger partial charge >= 0.3 is 12.1 Å². The number of nitrogens with one attached hydrogen (secondary N) is 1. The molecule has 2 aromatic heterocycles. The fraction of sp³-hybridized carbons (Fsp3) is 0.258. The molecule has 0 unspecified atom stereocenters. The molecule has 2 heterocycles. The van der Waals surface area contributed by atoms with Crippen LogP contribution in [0, 0.1) is 0 Å². The van der Waals surface area contributed by atoms with Crippen molar-refractivity contribution in [1.29, 1.82) is 0 Å². The van der Waals surface area contributed by atoms with Crippen LogP contribution in [0.4, 0.5) is 4.79 Å². The highest BCUT2D eigenvalue weighted by Gasteiger charge is 2.28. The van der Waals surface area contributed by atoms with Crippen LogP contribution in [0.3, 0.4) is 0 Å². The summed E-state index contributed by atoms with van der Waals surface area (Å²) in [5.74, 6) is -0.0962. The zero-order valence-electron chi connectivity index (χ0n) is 23.0. The van der Waals surface area contributed by atoms with E-state index in [1.807, 2.05) is 54.6 Å². The summed E-state index contributed by atoms with van der Waals surface area (Å²) >= 11 is 1.56. The van der Waals surface area contributed by atoms with E-state index < -0.39 is 23.7 Å². The Kier molecular flexibility index (Phi) is 8.39. The molecule has 0 saturated heterocycles. The summed E-state index contributed by atoms with van der Waals surface area (Å²) in [5.41, 5.74) is 3.24. The molecule has 0 fully saturated rings. The quantitative estimate of drug-likeness (QED) is 0.211. The van der Waals surface area contributed by atoms with E-state index >= 15 is 0 Å². The van der Waals surface area contributed by atoms with Crippen molar-refractivity contribution >= 4 is 33.6 Å². The van der Waals surface area contributed by atoms with Gasteiger partial charge in [0.1, 0.15) is 23.3 Å². The maximum Gasteiger partial charge on any atom is 0.408 e. The third-order valence-electron chi connectivity index (χ3n) is 5.93. The highest BCUT2D eigenvalue weighted by Crippen LogP contribution is 2.29. The first-order valence-electron chi connectivity index (χ1n) is 13.2. The molecule has 9 nitrogen and oxygen atoms in total. The van der Waals surface area contributed by atoms with Crippen molar-refractivity contribution < 1.29 is 23.5 Å². The number of carbonyl (C=O) groups excluding carboxylic acids is 2. The van der Waals surface area contributed by atoms with Crippen LogP contribution in [0.15, 0.2) is 83.3 Å². The molecule has 0 aliphatic carbocycles. The first kappa shape index (κ1) is 28.0. The Morgan fingerprint density at radius 2 is 1.63 bits per heavy atom. The van der Waals surface area contributed by atoms with Crippen LogP contribution in [0.5, 0.6) is 0 Å². The first-order valence-corrected chi connectivity index (χ1v) is 14.0. The monoisotopic (exact) mass is 570 g/mol. The topological polar surface area (TPSA) is 116 Å². The summed E-state index contributed by atoms with van der Waals surface area (Å²) in [6.07, 6.45) is -0.460. The van der Waals surface area contributed by atoms with Gasteiger partial charge in [-0.15, -0.1) is 21.5 Å². The van der Waals surface area contributed by atoms with E-state index in [2.05, 4.69) is 39.8 Å². The van der Waals surface area contributed by atoms with Crippen molar-refractivity contribution in [3.63, 3.8) is 0 Å². The molecule has 0 spiro atoms. The Morgan fingerprint density at radius 3 is 2.37 bits per heavy atom. The fourth-order valence-electron chi connectivity index (χ4n) is 4.08. The van der Waals surface area contributed by atoms with E-state index in [9.17, 15) is 9.59 Å². The van der Waals surface area contributed by atoms with Crippen molar-refractivity contribution in [2.45, 2.75) is 51.9 Å². The van der Waals surface area contributed by atoms with Crippen LogP contribution in [0.1, 0.15) is 43.1 Å². The van der Waals surface area contributed by atoms with Crippen molar-refractivity contribution in [1.82, 2.24) is 20.5 Å². The molecule has 210 valence electrons. The third kappa shape index (κ3) is 7.76. The van der Waals surface area contributed by atoms with Gasteiger partial charge in [-0.2, -0.15) is 0 Å². The Labute approximate surface area is 241 Å². The molecule has 0 aliphatic heterocycles. The van der Waals surface area contributed by atoms with Crippen LogP contribution >= 0.6 is 11.3 Å². The molecule has 5 rings (SSSR count). The van der Waals surface area contributed by atoms with Crippen molar-refractivity contribution in [2.24, 2.45) is 0 Å². The third-order valence-corrected chi connectivity index (χ3v) is 6.95. The minimum absolute atomic E-state index is 0.0554. The maximum atomic E-state index is 13.0. The van der Waals surface area contributed by atoms with E-state index in [1.54, 1.807) is 32.1 Å². The number of alkyl carbamates (subject to hydrolysis) is 1. The van der Waals surface area contributed by atoms with E-state index in [0.29, 0.717) is 12.3 Å². The second-order valence-electron chi connectivity index (χ2n) is 10.4. The van der Waals surface area contributed by atoms with Gasteiger partial charge in [0.2, 0.25) is 11.8 Å². The number of carbonyl (C=O) groups is 2. The molecule has 1 amide bonds. The number of amides is 1. The Bertz CT molecular complexity index is 1630. The number of hydrogen-bond acceptors (Lipinski definition) is 9. The number of ether oxygens (including phenoxy) is 2. The summed E-state index contributed by atoms with van der Waals surface area (Å²) in [4.78, 5) is 30.1. The van der Waals surface area contributed by atoms with Gasteiger partial charge in [0, 0.05) is 0 Å². The summed E-state index contributed by atoms with van der Waals surface area (Å²) in [5, 5.41) is 11.7. The molecule has 41 heavy (non-hydrogen) atoms. The largest absolute Gasteiger partial charge is 0.459 e. The van der Waals surface area contributed by atoms with Gasteiger partial charge in [0.05, 0.1) is 23.1 Å². The predicted octanol–water partition coefficient (Wildman–Crippen LogP) is 6.12. The van der Waals surface area contributed by atoms with Crippen molar-refractivity contribution in [3.05, 3.63) is 101 Å². The summed E-state index contributed by atoms with van der Waals surface area (Å²) < 4.78 is 17.7. The Balaban J connectivity index is 1.27. The molecule has 3 aromatic carbocycles. The average Bonchev–Trinajstić information content (AvgIpc) is 3.57. The van der Waals surface area contributed by atoms with Crippen LogP contribution in [-0.2, 0) is 33.7 Å². The molecular formula is C31H30N4O5S. The van der Waals surface area contributed by atoms with Gasteiger partial charge in [0.25, 0.3) is 0 Å². The highest BCUT2D eigenvalue weighted by molar-refractivity contribution is 7.18. The van der Waals surface area contributed by atoms with Crippen LogP contribution < -0.4 is 5.32 Å². The lowest BCUT2D eigenvalue weighted by Gasteiger charge is -2.22. The summed E-state index contributed by atoms with van der Waals surface area (Å²) in [7, 11) is 0. The van der Waals surface area contributed by atoms with E-state index in [-0.39, 0.29) is 18.9 Å². The molecule has 1 N–H and O–H groups in total. The van der Waals surface area contributed by atoms with Gasteiger partial charge in [-0.1, -0.05) is 66.7 Å². The number of thiazole rings is 1. The molecular weight excluding hydrogens is 540 g/mol. The molecule has 0 bridgehead atoms. The minimum Gasteiger partial charge on any atom is -0.459 e. The van der Waals surface area contributed by atoms with E-state index in [0.717, 1.165) is 31.9 Å². The molecule has 0 aliphatic rings. The molecule has 0 saturated carbocycles. The number of esters is 1. The van der Waals surface area contributed by atoms with Crippen LogP contribution in [-0.4, -0.2) is 38.9 Å². The number of fused-ring (bicyclic) bond motifs is 1. The number of aromatic nitrogens is 3. The lowest BCUT2D eigenvalue weighted by atomic mass is 10.1. The maximum absolute atomic E-state index is 13.0. The predicted molar refractivity (Wildman–Crippen MR) is 155 cm³/mol. The average molecular weight is 571 g/mol. The fourth-order valence-corrected chi connectivity index (χ4v) is 5.07. The molecule has 0 radical (unpaired) electrons. The van der Waals surface area contributed by atoms with E-state index in [4.69, 9.17) is 18.9 Å². The van der Waals surface area contributed by atoms with E-state index in [1.165, 1.54) is 0 Å². The van der Waals surface area contributed by atoms with Crippen molar-refractivity contribution in [2.75, 3.05) is 0 Å². The highest BCUT2D eigenvalue weighted by atomic mass is 32.1. The number of nitrogens with zero attached hydrogens (tertiary/aromatic N) is 3. The van der Waals surface area contributed by atoms with Crippen LogP contribution in [0.2, 0.25) is 0 Å².